The fourth-order valence-electron chi connectivity index (χ4n) is 2.33. The molecule has 0 aliphatic heterocycles. The first-order valence-corrected chi connectivity index (χ1v) is 6.87. The maximum Gasteiger partial charge on any atom is 0.153 e. The number of rotatable bonds is 1. The van der Waals surface area contributed by atoms with Gasteiger partial charge in [0, 0.05) is 11.8 Å². The lowest BCUT2D eigenvalue weighted by molar-refractivity contribution is 1.19. The number of aryl methyl sites for hydroxylation is 2. The summed E-state index contributed by atoms with van der Waals surface area (Å²) in [7, 11) is 0. The Hall–Kier alpha value is -1.81. The molecule has 0 fully saturated rings. The van der Waals surface area contributed by atoms with E-state index in [1.165, 1.54) is 11.1 Å². The summed E-state index contributed by atoms with van der Waals surface area (Å²) < 4.78 is 2.84. The van der Waals surface area contributed by atoms with E-state index in [-0.39, 0.29) is 0 Å². The number of nitrogen functional groups attached to an aromatic ring is 1. The Balaban J connectivity index is 2.31. The maximum absolute atomic E-state index is 6.23. The molecule has 0 atom stereocenters. The van der Waals surface area contributed by atoms with Crippen LogP contribution in [0.25, 0.3) is 16.9 Å². The summed E-state index contributed by atoms with van der Waals surface area (Å²) in [5.41, 5.74) is 11.4. The summed E-state index contributed by atoms with van der Waals surface area (Å²) >= 11 is 3.51. The van der Waals surface area contributed by atoms with Crippen molar-refractivity contribution in [2.24, 2.45) is 0 Å². The van der Waals surface area contributed by atoms with Crippen molar-refractivity contribution in [2.45, 2.75) is 13.8 Å². The Kier molecular flexibility index (Phi) is 2.82. The minimum absolute atomic E-state index is 0.670. The number of imidazole rings is 1. The molecule has 2 N–H and O–H groups in total. The van der Waals surface area contributed by atoms with Crippen LogP contribution < -0.4 is 5.73 Å². The highest BCUT2D eigenvalue weighted by atomic mass is 79.9. The third kappa shape index (κ3) is 1.92. The number of nitrogens with two attached hydrogens (primary N) is 1. The maximum atomic E-state index is 6.23. The number of benzene rings is 1. The van der Waals surface area contributed by atoms with Gasteiger partial charge in [-0.2, -0.15) is 0 Å². The van der Waals surface area contributed by atoms with E-state index in [1.54, 1.807) is 0 Å². The quantitative estimate of drug-likeness (QED) is 0.738. The summed E-state index contributed by atoms with van der Waals surface area (Å²) in [5, 5.41) is 0. The topological polar surface area (TPSA) is 43.3 Å². The summed E-state index contributed by atoms with van der Waals surface area (Å²) in [5.74, 6) is 0.670. The van der Waals surface area contributed by atoms with E-state index >= 15 is 0 Å². The third-order valence-electron chi connectivity index (χ3n) is 3.28. The molecule has 0 radical (unpaired) electrons. The van der Waals surface area contributed by atoms with Gasteiger partial charge in [-0.15, -0.1) is 0 Å². The van der Waals surface area contributed by atoms with E-state index in [0.29, 0.717) is 5.82 Å². The predicted octanol–water partition coefficient (Wildman–Crippen LogP) is 3.96. The van der Waals surface area contributed by atoms with Crippen LogP contribution in [0.15, 0.2) is 41.0 Å². The summed E-state index contributed by atoms with van der Waals surface area (Å²) in [4.78, 5) is 4.66. The highest BCUT2D eigenvalue weighted by Crippen LogP contribution is 2.31. The third-order valence-corrected chi connectivity index (χ3v) is 3.90. The highest BCUT2D eigenvalue weighted by Gasteiger charge is 2.14. The van der Waals surface area contributed by atoms with Crippen molar-refractivity contribution in [3.8, 4) is 11.3 Å². The van der Waals surface area contributed by atoms with Gasteiger partial charge in [-0.1, -0.05) is 23.8 Å². The van der Waals surface area contributed by atoms with Crippen molar-refractivity contribution in [3.05, 3.63) is 52.1 Å². The van der Waals surface area contributed by atoms with Crippen LogP contribution in [0.2, 0.25) is 0 Å². The number of aromatic nitrogens is 2. The molecule has 96 valence electrons. The minimum atomic E-state index is 0.670. The second kappa shape index (κ2) is 4.38. The number of fused-ring (bicyclic) bond motifs is 1. The first-order chi connectivity index (χ1) is 9.08. The van der Waals surface area contributed by atoms with Crippen molar-refractivity contribution in [3.63, 3.8) is 0 Å². The number of hydrogen-bond acceptors (Lipinski definition) is 2. The molecule has 0 amide bonds. The average Bonchev–Trinajstić information content (AvgIpc) is 2.69. The monoisotopic (exact) mass is 315 g/mol. The second-order valence-corrected chi connectivity index (χ2v) is 5.57. The zero-order chi connectivity index (χ0) is 13.6. The second-order valence-electron chi connectivity index (χ2n) is 4.71. The molecular formula is C15H14BrN3. The number of hydrogen-bond donors (Lipinski definition) is 1. The number of anilines is 1. The first kappa shape index (κ1) is 12.2. The fraction of sp³-hybridized carbons (Fsp3) is 0.133. The molecule has 3 aromatic rings. The molecule has 0 bridgehead atoms. The van der Waals surface area contributed by atoms with Crippen molar-refractivity contribution in [1.29, 1.82) is 0 Å². The zero-order valence-electron chi connectivity index (χ0n) is 10.8. The van der Waals surface area contributed by atoms with Crippen LogP contribution in [0, 0.1) is 13.8 Å². The van der Waals surface area contributed by atoms with Crippen molar-refractivity contribution < 1.29 is 0 Å². The van der Waals surface area contributed by atoms with Gasteiger partial charge in [0.05, 0.1) is 4.47 Å². The predicted molar refractivity (Wildman–Crippen MR) is 82.2 cm³/mol. The Bertz CT molecular complexity index is 774. The lowest BCUT2D eigenvalue weighted by atomic mass is 10.0. The number of nitrogens with zero attached hydrogens (tertiary/aromatic N) is 2. The molecule has 0 spiro atoms. The summed E-state index contributed by atoms with van der Waals surface area (Å²) in [6.07, 6.45) is 1.93. The molecule has 3 rings (SSSR count). The Morgan fingerprint density at radius 1 is 1.21 bits per heavy atom. The lowest BCUT2D eigenvalue weighted by Crippen LogP contribution is -1.94. The Morgan fingerprint density at radius 3 is 2.68 bits per heavy atom. The van der Waals surface area contributed by atoms with E-state index in [9.17, 15) is 0 Å². The van der Waals surface area contributed by atoms with E-state index in [1.807, 2.05) is 22.7 Å². The smallest absolute Gasteiger partial charge is 0.153 e. The van der Waals surface area contributed by atoms with Crippen LogP contribution in [-0.2, 0) is 0 Å². The molecule has 2 heterocycles. The molecule has 0 aliphatic carbocycles. The summed E-state index contributed by atoms with van der Waals surface area (Å²) in [6, 6.07) is 10.2. The van der Waals surface area contributed by atoms with Gasteiger partial charge >= 0.3 is 0 Å². The van der Waals surface area contributed by atoms with Crippen molar-refractivity contribution in [1.82, 2.24) is 9.38 Å². The highest BCUT2D eigenvalue weighted by molar-refractivity contribution is 9.10. The van der Waals surface area contributed by atoms with Crippen LogP contribution in [0.4, 0.5) is 5.82 Å². The van der Waals surface area contributed by atoms with Crippen molar-refractivity contribution >= 4 is 27.4 Å². The van der Waals surface area contributed by atoms with E-state index in [4.69, 9.17) is 5.73 Å². The number of halogens is 1. The molecule has 19 heavy (non-hydrogen) atoms. The summed E-state index contributed by atoms with van der Waals surface area (Å²) in [6.45, 7) is 4.17. The van der Waals surface area contributed by atoms with Gasteiger partial charge in [-0.05, 0) is 47.5 Å². The molecule has 4 heteroatoms. The Labute approximate surface area is 120 Å². The van der Waals surface area contributed by atoms with Gasteiger partial charge in [-0.25, -0.2) is 4.98 Å². The SMILES string of the molecule is Cc1ccc(-c2nc3c(Br)cccn3c2N)c(C)c1. The van der Waals surface area contributed by atoms with Crippen LogP contribution in [0.5, 0.6) is 0 Å². The van der Waals surface area contributed by atoms with Gasteiger partial charge in [-0.3, -0.25) is 4.40 Å². The van der Waals surface area contributed by atoms with Gasteiger partial charge < -0.3 is 5.73 Å². The molecule has 3 nitrogen and oxygen atoms in total. The van der Waals surface area contributed by atoms with Gasteiger partial charge in [0.2, 0.25) is 0 Å². The van der Waals surface area contributed by atoms with E-state index < -0.39 is 0 Å². The molecular weight excluding hydrogens is 302 g/mol. The standard InChI is InChI=1S/C15H14BrN3/c1-9-5-6-11(10(2)8-9)13-14(17)19-7-3-4-12(16)15(19)18-13/h3-8H,17H2,1-2H3. The molecule has 0 unspecified atom stereocenters. The largest absolute Gasteiger partial charge is 0.383 e. The Morgan fingerprint density at radius 2 is 2.00 bits per heavy atom. The van der Waals surface area contributed by atoms with Crippen LogP contribution in [-0.4, -0.2) is 9.38 Å². The normalized spacial score (nSPS) is 11.1. The van der Waals surface area contributed by atoms with Gasteiger partial charge in [0.15, 0.2) is 5.65 Å². The lowest BCUT2D eigenvalue weighted by Gasteiger charge is -2.05. The average molecular weight is 316 g/mol. The molecule has 0 saturated carbocycles. The van der Waals surface area contributed by atoms with Crippen LogP contribution >= 0.6 is 15.9 Å². The van der Waals surface area contributed by atoms with E-state index in [0.717, 1.165) is 21.4 Å². The molecule has 2 aromatic heterocycles. The minimum Gasteiger partial charge on any atom is -0.383 e. The van der Waals surface area contributed by atoms with Crippen LogP contribution in [0.1, 0.15) is 11.1 Å². The van der Waals surface area contributed by atoms with Gasteiger partial charge in [0.25, 0.3) is 0 Å². The number of pyridine rings is 1. The fourth-order valence-corrected chi connectivity index (χ4v) is 2.76. The van der Waals surface area contributed by atoms with Crippen molar-refractivity contribution in [2.75, 3.05) is 5.73 Å². The molecule has 0 saturated heterocycles. The first-order valence-electron chi connectivity index (χ1n) is 6.07. The van der Waals surface area contributed by atoms with Gasteiger partial charge in [0.1, 0.15) is 11.5 Å². The molecule has 1 aromatic carbocycles. The van der Waals surface area contributed by atoms with Crippen LogP contribution in [0.3, 0.4) is 0 Å². The van der Waals surface area contributed by atoms with E-state index in [2.05, 4.69) is 53.0 Å². The molecule has 0 aliphatic rings. The zero-order valence-corrected chi connectivity index (χ0v) is 12.4.